The number of nitro benzene ring substituents is 1. The summed E-state index contributed by atoms with van der Waals surface area (Å²) in [5.74, 6) is -3.15. The van der Waals surface area contributed by atoms with Gasteiger partial charge < -0.3 is 16.4 Å². The molecule has 0 bridgehead atoms. The molecule has 9 nitrogen and oxygen atoms in total. The van der Waals surface area contributed by atoms with Crippen LogP contribution in [0.3, 0.4) is 0 Å². The van der Waals surface area contributed by atoms with Crippen LogP contribution in [0.2, 0.25) is 0 Å². The second-order valence-corrected chi connectivity index (χ2v) is 7.49. The van der Waals surface area contributed by atoms with Crippen molar-refractivity contribution in [2.45, 2.75) is 23.5 Å². The van der Waals surface area contributed by atoms with Crippen LogP contribution in [0.1, 0.15) is 15.9 Å². The Bertz CT molecular complexity index is 976. The fourth-order valence-corrected chi connectivity index (χ4v) is 3.70. The van der Waals surface area contributed by atoms with Crippen molar-refractivity contribution in [1.29, 1.82) is 0 Å². The standard InChI is InChI=1S/C18H17F2N5O4S/c19-12-6-3-10(7-13(12)20)16(26)22-14-15(21)23-18(24-17(14)27)30-8-9-1-4-11(5-2-9)25(28)29/h1-7,14-15,18,23H,8,21H2,(H,22,26)(H,24,27). The molecule has 158 valence electrons. The lowest BCUT2D eigenvalue weighted by atomic mass is 10.1. The smallest absolute Gasteiger partial charge is 0.269 e. The predicted molar refractivity (Wildman–Crippen MR) is 105 cm³/mol. The molecule has 5 N–H and O–H groups in total. The number of nitrogens with two attached hydrogens (primary N) is 1. The molecule has 3 unspecified atom stereocenters. The number of hydrogen-bond donors (Lipinski definition) is 4. The first-order chi connectivity index (χ1) is 14.2. The maximum Gasteiger partial charge on any atom is 0.269 e. The van der Waals surface area contributed by atoms with Gasteiger partial charge in [-0.05, 0) is 23.8 Å². The molecule has 30 heavy (non-hydrogen) atoms. The van der Waals surface area contributed by atoms with Crippen LogP contribution in [0.25, 0.3) is 0 Å². The van der Waals surface area contributed by atoms with Gasteiger partial charge in [0.25, 0.3) is 11.6 Å². The summed E-state index contributed by atoms with van der Waals surface area (Å²) in [4.78, 5) is 34.8. The lowest BCUT2D eigenvalue weighted by Gasteiger charge is -2.35. The highest BCUT2D eigenvalue weighted by atomic mass is 32.2. The van der Waals surface area contributed by atoms with Gasteiger partial charge in [-0.15, -0.1) is 11.8 Å². The van der Waals surface area contributed by atoms with Gasteiger partial charge in [0.1, 0.15) is 11.5 Å². The number of non-ortho nitro benzene ring substituents is 1. The normalized spacial score (nSPS) is 21.0. The first kappa shape index (κ1) is 21.6. The molecule has 12 heteroatoms. The fourth-order valence-electron chi connectivity index (χ4n) is 2.70. The molecule has 1 aliphatic rings. The maximum atomic E-state index is 13.3. The third-order valence-electron chi connectivity index (χ3n) is 4.29. The molecule has 2 aromatic carbocycles. The fraction of sp³-hybridized carbons (Fsp3) is 0.222. The van der Waals surface area contributed by atoms with Gasteiger partial charge in [0.05, 0.1) is 11.1 Å². The third-order valence-corrected chi connectivity index (χ3v) is 5.38. The minimum atomic E-state index is -1.18. The van der Waals surface area contributed by atoms with Crippen molar-refractivity contribution < 1.29 is 23.3 Å². The van der Waals surface area contributed by atoms with E-state index in [0.717, 1.165) is 23.8 Å². The number of halogens is 2. The molecule has 2 amide bonds. The Morgan fingerprint density at radius 3 is 2.50 bits per heavy atom. The van der Waals surface area contributed by atoms with Gasteiger partial charge in [-0.2, -0.15) is 0 Å². The number of carbonyl (C=O) groups is 2. The molecule has 3 atom stereocenters. The van der Waals surface area contributed by atoms with E-state index in [4.69, 9.17) is 5.73 Å². The van der Waals surface area contributed by atoms with Gasteiger partial charge in [0.15, 0.2) is 11.6 Å². The lowest BCUT2D eigenvalue weighted by Crippen LogP contribution is -2.70. The van der Waals surface area contributed by atoms with Gasteiger partial charge in [0.2, 0.25) is 5.91 Å². The van der Waals surface area contributed by atoms with Crippen LogP contribution >= 0.6 is 11.8 Å². The van der Waals surface area contributed by atoms with Gasteiger partial charge in [0, 0.05) is 23.4 Å². The summed E-state index contributed by atoms with van der Waals surface area (Å²) in [6.07, 6.45) is -0.928. The highest BCUT2D eigenvalue weighted by Crippen LogP contribution is 2.20. The summed E-state index contributed by atoms with van der Waals surface area (Å²) in [6, 6.07) is 7.51. The summed E-state index contributed by atoms with van der Waals surface area (Å²) in [5, 5.41) is 18.7. The van der Waals surface area contributed by atoms with E-state index in [2.05, 4.69) is 16.0 Å². The summed E-state index contributed by atoms with van der Waals surface area (Å²) in [5.41, 5.74) is 6.04. The predicted octanol–water partition coefficient (Wildman–Crippen LogP) is 1.19. The van der Waals surface area contributed by atoms with E-state index >= 15 is 0 Å². The number of nitro groups is 1. The Balaban J connectivity index is 1.55. The van der Waals surface area contributed by atoms with Gasteiger partial charge in [-0.1, -0.05) is 12.1 Å². The minimum absolute atomic E-state index is 0.0190. The number of thioether (sulfide) groups is 1. The van der Waals surface area contributed by atoms with E-state index in [9.17, 15) is 28.5 Å². The average molecular weight is 437 g/mol. The zero-order valence-corrected chi connectivity index (χ0v) is 16.1. The molecule has 1 heterocycles. The zero-order valence-electron chi connectivity index (χ0n) is 15.3. The zero-order chi connectivity index (χ0) is 21.8. The Kier molecular flexibility index (Phi) is 6.59. The summed E-state index contributed by atoms with van der Waals surface area (Å²) >= 11 is 1.30. The molecule has 1 saturated heterocycles. The molecule has 3 rings (SSSR count). The molecular formula is C18H17F2N5O4S. The molecule has 0 spiro atoms. The van der Waals surface area contributed by atoms with Crippen molar-refractivity contribution in [2.24, 2.45) is 5.73 Å². The highest BCUT2D eigenvalue weighted by molar-refractivity contribution is 7.99. The summed E-state index contributed by atoms with van der Waals surface area (Å²) < 4.78 is 26.3. The van der Waals surface area contributed by atoms with E-state index in [1.807, 2.05) is 0 Å². The van der Waals surface area contributed by atoms with Crippen molar-refractivity contribution in [2.75, 3.05) is 0 Å². The topological polar surface area (TPSA) is 139 Å². The number of rotatable bonds is 6. The van der Waals surface area contributed by atoms with Crippen LogP contribution in [-0.2, 0) is 10.5 Å². The molecule has 0 aliphatic carbocycles. The van der Waals surface area contributed by atoms with Gasteiger partial charge >= 0.3 is 0 Å². The third kappa shape index (κ3) is 5.09. The first-order valence-corrected chi connectivity index (χ1v) is 9.72. The number of hydrogen-bond acceptors (Lipinski definition) is 7. The highest BCUT2D eigenvalue weighted by Gasteiger charge is 2.35. The van der Waals surface area contributed by atoms with E-state index in [1.54, 1.807) is 12.1 Å². The second kappa shape index (κ2) is 9.15. The Labute approximate surface area is 173 Å². The Morgan fingerprint density at radius 1 is 1.20 bits per heavy atom. The molecule has 0 aromatic heterocycles. The van der Waals surface area contributed by atoms with Crippen molar-refractivity contribution in [3.8, 4) is 0 Å². The van der Waals surface area contributed by atoms with Crippen LogP contribution in [0.15, 0.2) is 42.5 Å². The maximum absolute atomic E-state index is 13.3. The van der Waals surface area contributed by atoms with Crippen LogP contribution in [-0.4, -0.2) is 34.4 Å². The van der Waals surface area contributed by atoms with E-state index in [-0.39, 0.29) is 11.3 Å². The Morgan fingerprint density at radius 2 is 1.90 bits per heavy atom. The second-order valence-electron chi connectivity index (χ2n) is 6.40. The van der Waals surface area contributed by atoms with Crippen molar-refractivity contribution in [3.05, 3.63) is 75.3 Å². The molecule has 1 fully saturated rings. The largest absolute Gasteiger partial charge is 0.338 e. The summed E-state index contributed by atoms with van der Waals surface area (Å²) in [6.45, 7) is 0. The SMILES string of the molecule is NC1NC(SCc2ccc([N+](=O)[O-])cc2)NC(=O)C1NC(=O)c1ccc(F)c(F)c1. The number of benzene rings is 2. The number of amides is 2. The summed E-state index contributed by atoms with van der Waals surface area (Å²) in [7, 11) is 0. The van der Waals surface area contributed by atoms with E-state index < -0.39 is 46.1 Å². The van der Waals surface area contributed by atoms with Crippen molar-refractivity contribution >= 4 is 29.3 Å². The molecule has 1 aliphatic heterocycles. The molecular weight excluding hydrogens is 420 g/mol. The van der Waals surface area contributed by atoms with E-state index in [0.29, 0.717) is 5.75 Å². The van der Waals surface area contributed by atoms with Crippen LogP contribution in [0.5, 0.6) is 0 Å². The average Bonchev–Trinajstić information content (AvgIpc) is 2.71. The first-order valence-electron chi connectivity index (χ1n) is 8.67. The minimum Gasteiger partial charge on any atom is -0.338 e. The van der Waals surface area contributed by atoms with Crippen LogP contribution < -0.4 is 21.7 Å². The number of nitrogens with one attached hydrogen (secondary N) is 3. The number of carbonyl (C=O) groups excluding carboxylic acids is 2. The monoisotopic (exact) mass is 437 g/mol. The molecule has 2 aromatic rings. The quantitative estimate of drug-likeness (QED) is 0.393. The van der Waals surface area contributed by atoms with Crippen molar-refractivity contribution in [3.63, 3.8) is 0 Å². The van der Waals surface area contributed by atoms with Crippen LogP contribution in [0.4, 0.5) is 14.5 Å². The van der Waals surface area contributed by atoms with Crippen LogP contribution in [0, 0.1) is 21.7 Å². The molecule has 0 saturated carbocycles. The number of nitrogens with zero attached hydrogens (tertiary/aromatic N) is 1. The Hall–Kier alpha value is -3.09. The lowest BCUT2D eigenvalue weighted by molar-refractivity contribution is -0.384. The van der Waals surface area contributed by atoms with Gasteiger partial charge in [-0.3, -0.25) is 25.0 Å². The van der Waals surface area contributed by atoms with E-state index in [1.165, 1.54) is 23.9 Å². The van der Waals surface area contributed by atoms with Gasteiger partial charge in [-0.25, -0.2) is 8.78 Å². The van der Waals surface area contributed by atoms with Crippen molar-refractivity contribution in [1.82, 2.24) is 16.0 Å². The molecule has 0 radical (unpaired) electrons.